The molecule has 1 amide bonds. The molecule has 2 aromatic heterocycles. The van der Waals surface area contributed by atoms with Crippen LogP contribution in [-0.4, -0.2) is 33.1 Å². The van der Waals surface area contributed by atoms with E-state index in [1.54, 1.807) is 19.2 Å². The molecule has 2 N–H and O–H groups in total. The molecule has 0 aliphatic heterocycles. The van der Waals surface area contributed by atoms with Crippen molar-refractivity contribution < 1.29 is 18.7 Å². The number of carbonyl (C=O) groups is 2. The van der Waals surface area contributed by atoms with Gasteiger partial charge >= 0.3 is 5.97 Å². The predicted octanol–water partition coefficient (Wildman–Crippen LogP) is 1.81. The molecule has 1 aromatic carbocycles. The van der Waals surface area contributed by atoms with Crippen LogP contribution in [0.3, 0.4) is 0 Å². The molecule has 0 aliphatic carbocycles. The number of fused-ring (bicyclic) bond motifs is 1. The lowest BCUT2D eigenvalue weighted by Crippen LogP contribution is -2.11. The Morgan fingerprint density at radius 1 is 1.38 bits per heavy atom. The summed E-state index contributed by atoms with van der Waals surface area (Å²) in [6, 6.07) is 5.35. The Morgan fingerprint density at radius 3 is 2.83 bits per heavy atom. The Hall–Kier alpha value is -3.29. The van der Waals surface area contributed by atoms with Crippen molar-refractivity contribution in [3.05, 3.63) is 53.6 Å². The van der Waals surface area contributed by atoms with E-state index in [4.69, 9.17) is 10.5 Å². The summed E-state index contributed by atoms with van der Waals surface area (Å²) in [7, 11) is 0. The summed E-state index contributed by atoms with van der Waals surface area (Å²) in [5, 5.41) is 4.22. The first-order valence-corrected chi connectivity index (χ1v) is 7.13. The summed E-state index contributed by atoms with van der Waals surface area (Å²) >= 11 is 0. The predicted molar refractivity (Wildman–Crippen MR) is 82.9 cm³/mol. The van der Waals surface area contributed by atoms with Crippen LogP contribution >= 0.6 is 0 Å². The number of rotatable bonds is 4. The maximum atomic E-state index is 14.4. The van der Waals surface area contributed by atoms with Gasteiger partial charge < -0.3 is 10.5 Å². The molecule has 2 heterocycles. The second kappa shape index (κ2) is 6.07. The molecule has 0 saturated carbocycles. The van der Waals surface area contributed by atoms with Crippen LogP contribution in [0.25, 0.3) is 16.9 Å². The van der Waals surface area contributed by atoms with Crippen molar-refractivity contribution in [1.29, 1.82) is 0 Å². The van der Waals surface area contributed by atoms with Crippen LogP contribution in [0.15, 0.2) is 36.7 Å². The van der Waals surface area contributed by atoms with Gasteiger partial charge in [-0.25, -0.2) is 18.7 Å². The molecular weight excluding hydrogens is 315 g/mol. The molecular formula is C16H13FN4O3. The number of hydrogen-bond donors (Lipinski definition) is 1. The standard InChI is InChI=1S/C16H13FN4O3/c1-2-24-16(23)12-13(20-21-7-3-6-19-15(12)21)10-5-4-9(14(18)22)8-11(10)17/h3-8H,2H2,1H3,(H2,18,22). The number of hydrogen-bond acceptors (Lipinski definition) is 5. The number of primary amides is 1. The summed E-state index contributed by atoms with van der Waals surface area (Å²) in [5.41, 5.74) is 5.61. The zero-order chi connectivity index (χ0) is 17.3. The van der Waals surface area contributed by atoms with Crippen LogP contribution in [0.1, 0.15) is 27.6 Å². The van der Waals surface area contributed by atoms with Crippen molar-refractivity contribution in [2.75, 3.05) is 6.61 Å². The Labute approximate surface area is 135 Å². The third-order valence-electron chi connectivity index (χ3n) is 3.38. The molecule has 7 nitrogen and oxygen atoms in total. The molecule has 8 heteroatoms. The highest BCUT2D eigenvalue weighted by atomic mass is 19.1. The highest BCUT2D eigenvalue weighted by Crippen LogP contribution is 2.28. The Balaban J connectivity index is 2.24. The molecule has 3 rings (SSSR count). The minimum Gasteiger partial charge on any atom is -0.462 e. The molecule has 122 valence electrons. The summed E-state index contributed by atoms with van der Waals surface area (Å²) in [5.74, 6) is -2.12. The Kier molecular flexibility index (Phi) is 3.95. The SMILES string of the molecule is CCOC(=O)c1c(-c2ccc(C(N)=O)cc2F)nn2cccnc12. The number of nitrogens with zero attached hydrogens (tertiary/aromatic N) is 3. The number of aromatic nitrogens is 3. The first-order chi connectivity index (χ1) is 11.5. The molecule has 0 radical (unpaired) electrons. The molecule has 0 aliphatic rings. The van der Waals surface area contributed by atoms with Crippen molar-refractivity contribution in [1.82, 2.24) is 14.6 Å². The summed E-state index contributed by atoms with van der Waals surface area (Å²) in [6.07, 6.45) is 3.08. The fourth-order valence-electron chi connectivity index (χ4n) is 2.33. The van der Waals surface area contributed by atoms with E-state index in [9.17, 15) is 14.0 Å². The second-order valence-electron chi connectivity index (χ2n) is 4.89. The Morgan fingerprint density at radius 2 is 2.17 bits per heavy atom. The zero-order valence-electron chi connectivity index (χ0n) is 12.7. The molecule has 0 fully saturated rings. The number of nitrogens with two attached hydrogens (primary N) is 1. The van der Waals surface area contributed by atoms with E-state index in [-0.39, 0.29) is 34.6 Å². The van der Waals surface area contributed by atoms with Gasteiger partial charge in [0.1, 0.15) is 17.1 Å². The lowest BCUT2D eigenvalue weighted by atomic mass is 10.0. The van der Waals surface area contributed by atoms with Crippen molar-refractivity contribution in [3.63, 3.8) is 0 Å². The van der Waals surface area contributed by atoms with Crippen molar-refractivity contribution in [3.8, 4) is 11.3 Å². The molecule has 3 aromatic rings. The molecule has 24 heavy (non-hydrogen) atoms. The average Bonchev–Trinajstić information content (AvgIpc) is 2.94. The topological polar surface area (TPSA) is 99.6 Å². The van der Waals surface area contributed by atoms with Gasteiger partial charge in [-0.2, -0.15) is 5.10 Å². The fourth-order valence-corrected chi connectivity index (χ4v) is 2.33. The van der Waals surface area contributed by atoms with Crippen LogP contribution in [0.5, 0.6) is 0 Å². The quantitative estimate of drug-likeness (QED) is 0.736. The molecule has 0 unspecified atom stereocenters. The Bertz CT molecular complexity index is 952. The molecule has 0 bridgehead atoms. The monoisotopic (exact) mass is 328 g/mol. The minimum atomic E-state index is -0.747. The maximum absolute atomic E-state index is 14.4. The summed E-state index contributed by atoms with van der Waals surface area (Å²) in [6.45, 7) is 1.82. The van der Waals surface area contributed by atoms with Crippen molar-refractivity contribution in [2.45, 2.75) is 6.92 Å². The van der Waals surface area contributed by atoms with Gasteiger partial charge in [0, 0.05) is 23.5 Å². The first-order valence-electron chi connectivity index (χ1n) is 7.13. The highest BCUT2D eigenvalue weighted by Gasteiger charge is 2.25. The van der Waals surface area contributed by atoms with Gasteiger partial charge in [-0.3, -0.25) is 4.79 Å². The number of ether oxygens (including phenoxy) is 1. The van der Waals surface area contributed by atoms with Crippen LogP contribution in [0, 0.1) is 5.82 Å². The number of benzene rings is 1. The molecule has 0 atom stereocenters. The molecule has 0 spiro atoms. The largest absolute Gasteiger partial charge is 0.462 e. The smallest absolute Gasteiger partial charge is 0.344 e. The third-order valence-corrected chi connectivity index (χ3v) is 3.38. The number of carbonyl (C=O) groups excluding carboxylic acids is 2. The number of esters is 1. The van der Waals surface area contributed by atoms with Gasteiger partial charge in [-0.05, 0) is 31.2 Å². The zero-order valence-corrected chi connectivity index (χ0v) is 12.7. The van der Waals surface area contributed by atoms with E-state index in [0.29, 0.717) is 0 Å². The van der Waals surface area contributed by atoms with Gasteiger partial charge in [-0.15, -0.1) is 0 Å². The summed E-state index contributed by atoms with van der Waals surface area (Å²) < 4.78 is 20.8. The summed E-state index contributed by atoms with van der Waals surface area (Å²) in [4.78, 5) is 27.6. The average molecular weight is 328 g/mol. The fraction of sp³-hybridized carbons (Fsp3) is 0.125. The van der Waals surface area contributed by atoms with E-state index in [1.165, 1.54) is 22.8 Å². The van der Waals surface area contributed by atoms with Crippen molar-refractivity contribution >= 4 is 17.5 Å². The lowest BCUT2D eigenvalue weighted by molar-refractivity contribution is 0.0529. The van der Waals surface area contributed by atoms with Gasteiger partial charge in [0.25, 0.3) is 0 Å². The van der Waals surface area contributed by atoms with Crippen LogP contribution in [0.4, 0.5) is 4.39 Å². The van der Waals surface area contributed by atoms with E-state index < -0.39 is 17.7 Å². The van der Waals surface area contributed by atoms with Gasteiger partial charge in [0.15, 0.2) is 5.65 Å². The first kappa shape index (κ1) is 15.6. The van der Waals surface area contributed by atoms with Gasteiger partial charge in [0.2, 0.25) is 5.91 Å². The van der Waals surface area contributed by atoms with Gasteiger partial charge in [0.05, 0.1) is 6.61 Å². The highest BCUT2D eigenvalue weighted by molar-refractivity contribution is 6.02. The third kappa shape index (κ3) is 2.58. The maximum Gasteiger partial charge on any atom is 0.344 e. The van der Waals surface area contributed by atoms with E-state index in [0.717, 1.165) is 6.07 Å². The molecule has 0 saturated heterocycles. The normalized spacial score (nSPS) is 10.8. The minimum absolute atomic E-state index is 0.0239. The van der Waals surface area contributed by atoms with E-state index >= 15 is 0 Å². The van der Waals surface area contributed by atoms with Crippen LogP contribution in [-0.2, 0) is 4.74 Å². The number of halogens is 1. The van der Waals surface area contributed by atoms with Crippen molar-refractivity contribution in [2.24, 2.45) is 5.73 Å². The lowest BCUT2D eigenvalue weighted by Gasteiger charge is -2.05. The van der Waals surface area contributed by atoms with Crippen LogP contribution in [0.2, 0.25) is 0 Å². The van der Waals surface area contributed by atoms with E-state index in [2.05, 4.69) is 10.1 Å². The number of amides is 1. The second-order valence-corrected chi connectivity index (χ2v) is 4.89. The van der Waals surface area contributed by atoms with Gasteiger partial charge in [-0.1, -0.05) is 0 Å². The van der Waals surface area contributed by atoms with E-state index in [1.807, 2.05) is 0 Å². The van der Waals surface area contributed by atoms with Crippen LogP contribution < -0.4 is 5.73 Å².